The van der Waals surface area contributed by atoms with Crippen molar-refractivity contribution >= 4 is 7.85 Å². The van der Waals surface area contributed by atoms with E-state index < -0.39 is 0 Å². The normalized spacial score (nSPS) is 35.4. The summed E-state index contributed by atoms with van der Waals surface area (Å²) in [5.41, 5.74) is 1.03. The SMILES string of the molecule is [B]C1CCC(CO)C1=C. The molecule has 0 aromatic carbocycles. The van der Waals surface area contributed by atoms with Gasteiger partial charge in [0.05, 0.1) is 7.85 Å². The molecule has 2 radical (unpaired) electrons. The minimum atomic E-state index is 0.141. The first-order valence-corrected chi connectivity index (χ1v) is 3.31. The summed E-state index contributed by atoms with van der Waals surface area (Å²) in [7, 11) is 5.63. The molecule has 1 nitrogen and oxygen atoms in total. The molecule has 2 unspecified atom stereocenters. The van der Waals surface area contributed by atoms with Crippen LogP contribution in [0.4, 0.5) is 0 Å². The van der Waals surface area contributed by atoms with Crippen LogP contribution in [-0.2, 0) is 0 Å². The van der Waals surface area contributed by atoms with Crippen LogP contribution in [0, 0.1) is 5.92 Å². The minimum Gasteiger partial charge on any atom is -0.396 e. The maximum absolute atomic E-state index is 8.74. The van der Waals surface area contributed by atoms with E-state index in [4.69, 9.17) is 13.0 Å². The van der Waals surface area contributed by atoms with E-state index in [9.17, 15) is 0 Å². The predicted octanol–water partition coefficient (Wildman–Crippen LogP) is 0.902. The molecule has 0 spiro atoms. The van der Waals surface area contributed by atoms with E-state index in [1.807, 2.05) is 0 Å². The molecule has 9 heavy (non-hydrogen) atoms. The second-order valence-electron chi connectivity index (χ2n) is 2.64. The highest BCUT2D eigenvalue weighted by molar-refractivity contribution is 6.13. The van der Waals surface area contributed by atoms with Gasteiger partial charge in [0.15, 0.2) is 0 Å². The Morgan fingerprint density at radius 3 is 2.56 bits per heavy atom. The highest BCUT2D eigenvalue weighted by Gasteiger charge is 2.23. The zero-order valence-corrected chi connectivity index (χ0v) is 5.51. The summed E-state index contributed by atoms with van der Waals surface area (Å²) in [5, 5.41) is 8.74. The van der Waals surface area contributed by atoms with Gasteiger partial charge in [-0.05, 0) is 6.42 Å². The molecule has 1 saturated carbocycles. The smallest absolute Gasteiger partial charge is 0.0759 e. The van der Waals surface area contributed by atoms with Crippen LogP contribution in [-0.4, -0.2) is 19.6 Å². The predicted molar refractivity (Wildman–Crippen MR) is 38.5 cm³/mol. The van der Waals surface area contributed by atoms with Crippen molar-refractivity contribution in [2.75, 3.05) is 6.61 Å². The van der Waals surface area contributed by atoms with Gasteiger partial charge in [0, 0.05) is 12.5 Å². The third-order valence-corrected chi connectivity index (χ3v) is 2.05. The fourth-order valence-electron chi connectivity index (χ4n) is 1.26. The molecule has 2 heteroatoms. The first kappa shape index (κ1) is 6.88. The Hall–Kier alpha value is -0.235. The maximum Gasteiger partial charge on any atom is 0.0759 e. The number of aliphatic hydroxyl groups excluding tert-OH is 1. The molecule has 1 fully saturated rings. The summed E-state index contributed by atoms with van der Waals surface area (Å²) in [6, 6.07) is 0. The molecular weight excluding hydrogens is 111 g/mol. The summed E-state index contributed by atoms with van der Waals surface area (Å²) in [4.78, 5) is 0. The summed E-state index contributed by atoms with van der Waals surface area (Å²) < 4.78 is 0. The van der Waals surface area contributed by atoms with Gasteiger partial charge in [-0.15, -0.1) is 0 Å². The largest absolute Gasteiger partial charge is 0.396 e. The van der Waals surface area contributed by atoms with Gasteiger partial charge in [-0.3, -0.25) is 0 Å². The lowest BCUT2D eigenvalue weighted by atomic mass is 9.82. The van der Waals surface area contributed by atoms with E-state index in [-0.39, 0.29) is 18.3 Å². The van der Waals surface area contributed by atoms with Crippen LogP contribution >= 0.6 is 0 Å². The Bertz CT molecular complexity index is 122. The fourth-order valence-corrected chi connectivity index (χ4v) is 1.26. The van der Waals surface area contributed by atoms with Gasteiger partial charge in [0.25, 0.3) is 0 Å². The van der Waals surface area contributed by atoms with Crippen molar-refractivity contribution in [3.05, 3.63) is 12.2 Å². The second kappa shape index (κ2) is 2.57. The average Bonchev–Trinajstić information content (AvgIpc) is 2.15. The lowest BCUT2D eigenvalue weighted by Crippen LogP contribution is -2.02. The molecule has 0 aromatic rings. The number of hydrogen-bond acceptors (Lipinski definition) is 1. The molecule has 48 valence electrons. The van der Waals surface area contributed by atoms with Gasteiger partial charge < -0.3 is 5.11 Å². The van der Waals surface area contributed by atoms with Gasteiger partial charge in [-0.2, -0.15) is 0 Å². The molecule has 0 saturated heterocycles. The van der Waals surface area contributed by atoms with Gasteiger partial charge in [0.1, 0.15) is 0 Å². The molecule has 1 aliphatic carbocycles. The van der Waals surface area contributed by atoms with Crippen molar-refractivity contribution < 1.29 is 5.11 Å². The quantitative estimate of drug-likeness (QED) is 0.404. The van der Waals surface area contributed by atoms with E-state index in [2.05, 4.69) is 6.58 Å². The van der Waals surface area contributed by atoms with Gasteiger partial charge in [-0.1, -0.05) is 24.4 Å². The van der Waals surface area contributed by atoms with Crippen molar-refractivity contribution in [3.63, 3.8) is 0 Å². The minimum absolute atomic E-state index is 0.141. The van der Waals surface area contributed by atoms with E-state index in [1.54, 1.807) is 0 Å². The Labute approximate surface area is 57.2 Å². The Morgan fingerprint density at radius 2 is 2.33 bits per heavy atom. The van der Waals surface area contributed by atoms with Crippen LogP contribution in [0.3, 0.4) is 0 Å². The van der Waals surface area contributed by atoms with Crippen LogP contribution in [0.1, 0.15) is 12.8 Å². The summed E-state index contributed by atoms with van der Waals surface area (Å²) in [6.07, 6.45) is 2.00. The first-order chi connectivity index (χ1) is 4.25. The standard InChI is InChI=1S/C7H11BO/c1-5-6(4-9)2-3-7(5)8/h6-7,9H,1-4H2. The molecular formula is C7H11BO. The van der Waals surface area contributed by atoms with Gasteiger partial charge in [-0.25, -0.2) is 0 Å². The number of hydrogen-bond donors (Lipinski definition) is 1. The molecule has 0 aliphatic heterocycles. The molecule has 0 aromatic heterocycles. The molecule has 1 rings (SSSR count). The zero-order chi connectivity index (χ0) is 6.85. The molecule has 2 atom stereocenters. The van der Waals surface area contributed by atoms with Crippen LogP contribution in [0.15, 0.2) is 12.2 Å². The van der Waals surface area contributed by atoms with E-state index in [1.165, 1.54) is 0 Å². The van der Waals surface area contributed by atoms with Crippen LogP contribution < -0.4 is 0 Å². The topological polar surface area (TPSA) is 20.2 Å². The number of rotatable bonds is 1. The Balaban J connectivity index is 2.51. The molecule has 0 bridgehead atoms. The Kier molecular flexibility index (Phi) is 1.96. The highest BCUT2D eigenvalue weighted by atomic mass is 16.3. The molecule has 0 heterocycles. The van der Waals surface area contributed by atoms with Gasteiger partial charge in [0.2, 0.25) is 0 Å². The van der Waals surface area contributed by atoms with Crippen molar-refractivity contribution in [2.24, 2.45) is 5.92 Å². The third-order valence-electron chi connectivity index (χ3n) is 2.05. The van der Waals surface area contributed by atoms with Crippen LogP contribution in [0.2, 0.25) is 5.82 Å². The van der Waals surface area contributed by atoms with E-state index in [0.29, 0.717) is 0 Å². The van der Waals surface area contributed by atoms with Crippen molar-refractivity contribution in [1.29, 1.82) is 0 Å². The summed E-state index contributed by atoms with van der Waals surface area (Å²) in [5.74, 6) is 0.419. The number of aliphatic hydroxyl groups is 1. The third kappa shape index (κ3) is 1.18. The van der Waals surface area contributed by atoms with Crippen molar-refractivity contribution in [2.45, 2.75) is 18.7 Å². The van der Waals surface area contributed by atoms with E-state index in [0.717, 1.165) is 18.4 Å². The van der Waals surface area contributed by atoms with Crippen molar-refractivity contribution in [1.82, 2.24) is 0 Å². The molecule has 1 N–H and O–H groups in total. The summed E-state index contributed by atoms with van der Waals surface area (Å²) in [6.45, 7) is 4.02. The average molecular weight is 122 g/mol. The summed E-state index contributed by atoms with van der Waals surface area (Å²) >= 11 is 0. The van der Waals surface area contributed by atoms with Gasteiger partial charge >= 0.3 is 0 Å². The van der Waals surface area contributed by atoms with Crippen LogP contribution in [0.5, 0.6) is 0 Å². The fraction of sp³-hybridized carbons (Fsp3) is 0.714. The van der Waals surface area contributed by atoms with Crippen molar-refractivity contribution in [3.8, 4) is 0 Å². The monoisotopic (exact) mass is 122 g/mol. The van der Waals surface area contributed by atoms with Crippen LogP contribution in [0.25, 0.3) is 0 Å². The lowest BCUT2D eigenvalue weighted by molar-refractivity contribution is 0.249. The second-order valence-corrected chi connectivity index (χ2v) is 2.64. The molecule has 0 amide bonds. The first-order valence-electron chi connectivity index (χ1n) is 3.31. The Morgan fingerprint density at radius 1 is 1.67 bits per heavy atom. The zero-order valence-electron chi connectivity index (χ0n) is 5.51. The lowest BCUT2D eigenvalue weighted by Gasteiger charge is -2.07. The highest BCUT2D eigenvalue weighted by Crippen LogP contribution is 2.36. The van der Waals surface area contributed by atoms with E-state index >= 15 is 0 Å². The molecule has 1 aliphatic rings. The maximum atomic E-state index is 8.74.